The zero-order chi connectivity index (χ0) is 8.27. The van der Waals surface area contributed by atoms with Crippen LogP contribution in [0.25, 0.3) is 0 Å². The number of hydrogen-bond acceptors (Lipinski definition) is 0. The molecule has 1 aromatic carbocycles. The van der Waals surface area contributed by atoms with Crippen LogP contribution in [-0.2, 0) is 0 Å². The maximum absolute atomic E-state index is 2.30. The van der Waals surface area contributed by atoms with Gasteiger partial charge in [-0.2, -0.15) is 0 Å². The zero-order valence-corrected chi connectivity index (χ0v) is 9.95. The fourth-order valence-electron chi connectivity index (χ4n) is 1.14. The van der Waals surface area contributed by atoms with Crippen molar-refractivity contribution in [3.63, 3.8) is 0 Å². The van der Waals surface area contributed by atoms with Gasteiger partial charge in [0, 0.05) is 0 Å². The van der Waals surface area contributed by atoms with Crippen molar-refractivity contribution in [1.29, 1.82) is 0 Å². The van der Waals surface area contributed by atoms with Crippen molar-refractivity contribution in [2.24, 2.45) is 5.92 Å². The third-order valence-corrected chi connectivity index (χ3v) is 4.33. The van der Waals surface area contributed by atoms with Crippen LogP contribution in [0.15, 0.2) is 30.3 Å². The summed E-state index contributed by atoms with van der Waals surface area (Å²) < 4.78 is 0.816. The van der Waals surface area contributed by atoms with Crippen molar-refractivity contribution in [3.8, 4) is 0 Å². The predicted octanol–water partition coefficient (Wildman–Crippen LogP) is 2.17. The van der Waals surface area contributed by atoms with Gasteiger partial charge in [0.25, 0.3) is 0 Å². The highest BCUT2D eigenvalue weighted by atomic mass is 27.0. The van der Waals surface area contributed by atoms with Gasteiger partial charge in [0.15, 0.2) is 0 Å². The van der Waals surface area contributed by atoms with E-state index in [1.165, 1.54) is 21.9 Å². The lowest BCUT2D eigenvalue weighted by Gasteiger charge is -2.15. The normalized spacial score (nSPS) is 12.2. The second-order valence-corrected chi connectivity index (χ2v) is 4.69. The summed E-state index contributed by atoms with van der Waals surface area (Å²) in [6.45, 7) is 4.59. The molecule has 2 heteroatoms. The molecule has 1 atom stereocenters. The van der Waals surface area contributed by atoms with E-state index in [1.54, 1.807) is 0 Å². The Balaban J connectivity index is 0.00000121. The van der Waals surface area contributed by atoms with Crippen LogP contribution in [0, 0.1) is 5.92 Å². The van der Waals surface area contributed by atoms with Gasteiger partial charge in [0.2, 0.25) is 16.3 Å². The van der Waals surface area contributed by atoms with Crippen molar-refractivity contribution in [3.05, 3.63) is 35.9 Å². The van der Waals surface area contributed by atoms with E-state index in [2.05, 4.69) is 44.2 Å². The van der Waals surface area contributed by atoms with Gasteiger partial charge in [-0.1, -0.05) is 60.4 Å². The molecule has 0 aromatic heterocycles. The molecule has 0 N–H and O–H groups in total. The van der Waals surface area contributed by atoms with E-state index < -0.39 is 0 Å². The molecule has 0 saturated heterocycles. The number of hydrogen-bond donors (Lipinski definition) is 0. The van der Waals surface area contributed by atoms with Gasteiger partial charge in [-0.3, -0.25) is 4.70 Å². The van der Waals surface area contributed by atoms with Gasteiger partial charge < -0.3 is 0 Å². The second-order valence-electron chi connectivity index (χ2n) is 3.44. The Morgan fingerprint density at radius 1 is 1.08 bits per heavy atom. The fourth-order valence-corrected chi connectivity index (χ4v) is 1.53. The van der Waals surface area contributed by atoms with Crippen LogP contribution in [-0.4, -0.2) is 16.3 Å². The SMILES string of the molecule is CC(C)[CH]([AlH2])c1ccccc1.F. The van der Waals surface area contributed by atoms with Crippen LogP contribution < -0.4 is 0 Å². The zero-order valence-electron chi connectivity index (χ0n) is 7.95. The number of benzene rings is 1. The first-order chi connectivity index (χ1) is 5.22. The van der Waals surface area contributed by atoms with E-state index in [0.717, 1.165) is 10.7 Å². The molecule has 0 saturated carbocycles. The molecular weight excluding hydrogens is 166 g/mol. The highest BCUT2D eigenvalue weighted by molar-refractivity contribution is 6.12. The number of rotatable bonds is 2. The molecule has 1 aromatic rings. The first-order valence-electron chi connectivity index (χ1n) is 4.26. The van der Waals surface area contributed by atoms with Crippen LogP contribution in [0.2, 0.25) is 0 Å². The molecule has 0 nitrogen and oxygen atoms in total. The molecule has 1 unspecified atom stereocenters. The lowest BCUT2D eigenvalue weighted by molar-refractivity contribution is 0.623. The molecule has 0 bridgehead atoms. The van der Waals surface area contributed by atoms with Gasteiger partial charge >= 0.3 is 0 Å². The lowest BCUT2D eigenvalue weighted by Crippen LogP contribution is -2.05. The van der Waals surface area contributed by atoms with Gasteiger partial charge in [0.05, 0.1) is 0 Å². The summed E-state index contributed by atoms with van der Waals surface area (Å²) in [7, 11) is 0. The first kappa shape index (κ1) is 11.7. The Morgan fingerprint density at radius 3 is 2.00 bits per heavy atom. The summed E-state index contributed by atoms with van der Waals surface area (Å²) in [4.78, 5) is 0. The van der Waals surface area contributed by atoms with Gasteiger partial charge in [0.1, 0.15) is 0 Å². The van der Waals surface area contributed by atoms with E-state index in [-0.39, 0.29) is 4.70 Å². The lowest BCUT2D eigenvalue weighted by atomic mass is 10.0. The molecule has 0 heterocycles. The molecule has 12 heavy (non-hydrogen) atoms. The minimum absolute atomic E-state index is 0. The van der Waals surface area contributed by atoms with Crippen LogP contribution in [0.5, 0.6) is 0 Å². The quantitative estimate of drug-likeness (QED) is 0.615. The van der Waals surface area contributed by atoms with Crippen molar-refractivity contribution in [2.75, 3.05) is 0 Å². The van der Waals surface area contributed by atoms with E-state index in [4.69, 9.17) is 0 Å². The molecule has 0 aliphatic carbocycles. The molecule has 66 valence electrons. The smallest absolute Gasteiger partial charge is 0.223 e. The first-order valence-corrected chi connectivity index (χ1v) is 5.42. The molecule has 0 aliphatic rings. The largest absolute Gasteiger partial charge is 0.269 e. The molecule has 1 rings (SSSR count). The van der Waals surface area contributed by atoms with E-state index in [0.29, 0.717) is 0 Å². The van der Waals surface area contributed by atoms with Crippen LogP contribution >= 0.6 is 0 Å². The summed E-state index contributed by atoms with van der Waals surface area (Å²) >= 11 is 1.26. The topological polar surface area (TPSA) is 0 Å². The van der Waals surface area contributed by atoms with Crippen molar-refractivity contribution in [2.45, 2.75) is 18.6 Å². The molecule has 0 spiro atoms. The minimum Gasteiger partial charge on any atom is -0.269 e. The van der Waals surface area contributed by atoms with E-state index in [9.17, 15) is 0 Å². The fraction of sp³-hybridized carbons (Fsp3) is 0.400. The van der Waals surface area contributed by atoms with Crippen LogP contribution in [0.3, 0.4) is 0 Å². The van der Waals surface area contributed by atoms with Crippen LogP contribution in [0.4, 0.5) is 4.70 Å². The van der Waals surface area contributed by atoms with Crippen molar-refractivity contribution >= 4 is 16.3 Å². The Bertz CT molecular complexity index is 208. The van der Waals surface area contributed by atoms with Gasteiger partial charge in [-0.05, 0) is 0 Å². The predicted molar refractivity (Wildman–Crippen MR) is 55.1 cm³/mol. The summed E-state index contributed by atoms with van der Waals surface area (Å²) in [5, 5.41) is 0. The Hall–Kier alpha value is -0.318. The summed E-state index contributed by atoms with van der Waals surface area (Å²) in [6.07, 6.45) is 0. The summed E-state index contributed by atoms with van der Waals surface area (Å²) in [5.41, 5.74) is 1.51. The second kappa shape index (κ2) is 5.35. The van der Waals surface area contributed by atoms with Crippen LogP contribution in [0.1, 0.15) is 24.2 Å². The Morgan fingerprint density at radius 2 is 1.58 bits per heavy atom. The van der Waals surface area contributed by atoms with Gasteiger partial charge in [-0.15, -0.1) is 0 Å². The van der Waals surface area contributed by atoms with E-state index >= 15 is 0 Å². The Kier molecular flexibility index (Phi) is 5.21. The molecule has 0 amide bonds. The molecular formula is C10H16AlF. The highest BCUT2D eigenvalue weighted by Crippen LogP contribution is 2.19. The molecule has 0 radical (unpaired) electrons. The Labute approximate surface area is 81.8 Å². The number of halogens is 1. The maximum atomic E-state index is 2.30. The maximum Gasteiger partial charge on any atom is 0.223 e. The molecule has 0 aliphatic heterocycles. The van der Waals surface area contributed by atoms with E-state index in [1.807, 2.05) is 0 Å². The highest BCUT2D eigenvalue weighted by Gasteiger charge is 2.07. The van der Waals surface area contributed by atoms with Gasteiger partial charge in [-0.25, -0.2) is 0 Å². The third kappa shape index (κ3) is 2.97. The molecule has 0 fully saturated rings. The third-order valence-electron chi connectivity index (χ3n) is 2.33. The summed E-state index contributed by atoms with van der Waals surface area (Å²) in [5.74, 6) is 0.795. The minimum atomic E-state index is 0. The van der Waals surface area contributed by atoms with Crippen molar-refractivity contribution < 1.29 is 4.70 Å². The summed E-state index contributed by atoms with van der Waals surface area (Å²) in [6, 6.07) is 10.8. The average Bonchev–Trinajstić information content (AvgIpc) is 2.05. The average molecular weight is 182 g/mol. The monoisotopic (exact) mass is 182 g/mol. The standard InChI is InChI=1S/C10H13.Al.FH.2H/c1-9(2)8-10-6-4-3-5-7-10;;;;/h3-9H,1-2H3;;1H;;. The van der Waals surface area contributed by atoms with Crippen molar-refractivity contribution in [1.82, 2.24) is 0 Å².